The molecule has 3 aromatic carbocycles. The maximum atomic E-state index is 12.3. The number of rotatable bonds is 5. The molecule has 3 aromatic rings. The molecular formula is C24H17NO5. The maximum absolute atomic E-state index is 12.3. The summed E-state index contributed by atoms with van der Waals surface area (Å²) in [7, 11) is 1.56. The summed E-state index contributed by atoms with van der Waals surface area (Å²) >= 11 is 0. The third-order valence-corrected chi connectivity index (χ3v) is 4.47. The van der Waals surface area contributed by atoms with Crippen molar-refractivity contribution in [2.24, 2.45) is 5.16 Å². The van der Waals surface area contributed by atoms with Crippen LogP contribution in [0.5, 0.6) is 11.5 Å². The Morgan fingerprint density at radius 2 is 1.57 bits per heavy atom. The number of hydrogen-bond acceptors (Lipinski definition) is 6. The molecule has 0 aromatic heterocycles. The van der Waals surface area contributed by atoms with Gasteiger partial charge in [0.1, 0.15) is 17.2 Å². The number of methoxy groups -OCH3 is 1. The summed E-state index contributed by atoms with van der Waals surface area (Å²) < 4.78 is 10.5. The van der Waals surface area contributed by atoms with Gasteiger partial charge in [0.05, 0.1) is 18.2 Å². The average molecular weight is 399 g/mol. The van der Waals surface area contributed by atoms with Crippen LogP contribution in [0.15, 0.2) is 89.6 Å². The molecule has 0 atom stereocenters. The number of benzene rings is 3. The van der Waals surface area contributed by atoms with Crippen LogP contribution in [0.4, 0.5) is 0 Å². The van der Waals surface area contributed by atoms with Crippen LogP contribution in [0, 0.1) is 0 Å². The second-order valence-corrected chi connectivity index (χ2v) is 6.43. The monoisotopic (exact) mass is 399 g/mol. The molecule has 0 fully saturated rings. The van der Waals surface area contributed by atoms with E-state index in [1.54, 1.807) is 61.7 Å². The second-order valence-electron chi connectivity index (χ2n) is 6.43. The van der Waals surface area contributed by atoms with Crippen molar-refractivity contribution in [1.29, 1.82) is 0 Å². The molecule has 6 nitrogen and oxygen atoms in total. The number of esters is 1. The van der Waals surface area contributed by atoms with Gasteiger partial charge in [0, 0.05) is 5.56 Å². The first-order chi connectivity index (χ1) is 14.6. The molecule has 4 rings (SSSR count). The molecule has 0 saturated heterocycles. The molecule has 1 aliphatic heterocycles. The number of carbonyl (C=O) groups is 2. The van der Waals surface area contributed by atoms with Gasteiger partial charge < -0.3 is 14.3 Å². The smallest absolute Gasteiger partial charge is 0.368 e. The summed E-state index contributed by atoms with van der Waals surface area (Å²) in [5.41, 5.74) is 2.80. The molecule has 148 valence electrons. The van der Waals surface area contributed by atoms with Gasteiger partial charge in [-0.25, -0.2) is 9.59 Å². The minimum absolute atomic E-state index is 0.365. The van der Waals surface area contributed by atoms with Crippen LogP contribution in [-0.2, 0) is 9.63 Å². The van der Waals surface area contributed by atoms with E-state index in [0.29, 0.717) is 28.3 Å². The highest BCUT2D eigenvalue weighted by molar-refractivity contribution is 6.31. The molecule has 30 heavy (non-hydrogen) atoms. The van der Waals surface area contributed by atoms with Crippen LogP contribution in [0.3, 0.4) is 0 Å². The molecule has 1 aliphatic rings. The van der Waals surface area contributed by atoms with Crippen LogP contribution < -0.4 is 9.47 Å². The Balaban J connectivity index is 1.49. The molecular weight excluding hydrogens is 382 g/mol. The molecule has 6 heteroatoms. The predicted octanol–water partition coefficient (Wildman–Crippen LogP) is 4.26. The predicted molar refractivity (Wildman–Crippen MR) is 111 cm³/mol. The van der Waals surface area contributed by atoms with Gasteiger partial charge in [-0.2, -0.15) is 0 Å². The molecule has 0 aliphatic carbocycles. The molecule has 0 spiro atoms. The average Bonchev–Trinajstić information content (AvgIpc) is 3.15. The van der Waals surface area contributed by atoms with Gasteiger partial charge in [0.25, 0.3) is 0 Å². The second kappa shape index (κ2) is 8.45. The summed E-state index contributed by atoms with van der Waals surface area (Å²) in [6.45, 7) is 0. The highest BCUT2D eigenvalue weighted by Crippen LogP contribution is 2.22. The Morgan fingerprint density at radius 3 is 2.23 bits per heavy atom. The van der Waals surface area contributed by atoms with Crippen molar-refractivity contribution in [2.45, 2.75) is 0 Å². The zero-order valence-corrected chi connectivity index (χ0v) is 16.1. The minimum Gasteiger partial charge on any atom is -0.497 e. The van der Waals surface area contributed by atoms with E-state index in [-0.39, 0.29) is 0 Å². The minimum atomic E-state index is -0.510. The van der Waals surface area contributed by atoms with E-state index in [1.165, 1.54) is 0 Å². The normalized spacial score (nSPS) is 14.2. The van der Waals surface area contributed by atoms with Crippen molar-refractivity contribution in [2.75, 3.05) is 7.11 Å². The third kappa shape index (κ3) is 4.12. The number of nitrogens with zero attached hydrogens (tertiary/aromatic N) is 1. The lowest BCUT2D eigenvalue weighted by Gasteiger charge is -2.06. The van der Waals surface area contributed by atoms with Crippen molar-refractivity contribution in [3.05, 3.63) is 101 Å². The lowest BCUT2D eigenvalue weighted by atomic mass is 10.0. The quantitative estimate of drug-likeness (QED) is 0.277. The molecule has 0 saturated carbocycles. The van der Waals surface area contributed by atoms with Crippen molar-refractivity contribution >= 4 is 23.7 Å². The van der Waals surface area contributed by atoms with Gasteiger partial charge in [-0.15, -0.1) is 0 Å². The molecule has 0 amide bonds. The van der Waals surface area contributed by atoms with Gasteiger partial charge in [-0.3, -0.25) is 0 Å². The van der Waals surface area contributed by atoms with E-state index in [0.717, 1.165) is 11.1 Å². The van der Waals surface area contributed by atoms with E-state index >= 15 is 0 Å². The zero-order valence-electron chi connectivity index (χ0n) is 16.1. The number of ether oxygens (including phenoxy) is 2. The van der Waals surface area contributed by atoms with Crippen LogP contribution in [-0.4, -0.2) is 24.8 Å². The summed E-state index contributed by atoms with van der Waals surface area (Å²) in [6.07, 6.45) is 1.69. The first kappa shape index (κ1) is 19.1. The topological polar surface area (TPSA) is 74.2 Å². The van der Waals surface area contributed by atoms with Crippen molar-refractivity contribution in [3.8, 4) is 11.5 Å². The van der Waals surface area contributed by atoms with Crippen LogP contribution in [0.25, 0.3) is 6.08 Å². The Hall–Kier alpha value is -4.19. The Bertz CT molecular complexity index is 1130. The van der Waals surface area contributed by atoms with Gasteiger partial charge in [0.15, 0.2) is 0 Å². The SMILES string of the molecule is COc1ccc(C(=O)Oc2ccc(C=C3C(=O)ON=C3c3ccccc3)cc2)cc1. The summed E-state index contributed by atoms with van der Waals surface area (Å²) in [6, 6.07) is 22.8. The zero-order chi connectivity index (χ0) is 20.9. The molecule has 0 N–H and O–H groups in total. The van der Waals surface area contributed by atoms with Crippen molar-refractivity contribution in [3.63, 3.8) is 0 Å². The fourth-order valence-electron chi connectivity index (χ4n) is 2.91. The number of hydrogen-bond donors (Lipinski definition) is 0. The van der Waals surface area contributed by atoms with E-state index in [1.807, 2.05) is 30.3 Å². The molecule has 0 radical (unpaired) electrons. The van der Waals surface area contributed by atoms with E-state index < -0.39 is 11.9 Å². The summed E-state index contributed by atoms with van der Waals surface area (Å²) in [5, 5.41) is 3.89. The lowest BCUT2D eigenvalue weighted by molar-refractivity contribution is -0.136. The van der Waals surface area contributed by atoms with Gasteiger partial charge in [0.2, 0.25) is 0 Å². The van der Waals surface area contributed by atoms with Crippen molar-refractivity contribution < 1.29 is 23.9 Å². The highest BCUT2D eigenvalue weighted by Gasteiger charge is 2.26. The molecule has 0 bridgehead atoms. The van der Waals surface area contributed by atoms with Crippen molar-refractivity contribution in [1.82, 2.24) is 0 Å². The van der Waals surface area contributed by atoms with E-state index in [2.05, 4.69) is 5.16 Å². The largest absolute Gasteiger partial charge is 0.497 e. The fourth-order valence-corrected chi connectivity index (χ4v) is 2.91. The Kier molecular flexibility index (Phi) is 5.39. The van der Waals surface area contributed by atoms with E-state index in [9.17, 15) is 9.59 Å². The fraction of sp³-hybridized carbons (Fsp3) is 0.0417. The number of carbonyl (C=O) groups excluding carboxylic acids is 2. The first-order valence-electron chi connectivity index (χ1n) is 9.17. The lowest BCUT2D eigenvalue weighted by Crippen LogP contribution is -2.08. The molecule has 1 heterocycles. The van der Waals surface area contributed by atoms with Gasteiger partial charge >= 0.3 is 11.9 Å². The van der Waals surface area contributed by atoms with Crippen LogP contribution in [0.1, 0.15) is 21.5 Å². The van der Waals surface area contributed by atoms with Gasteiger partial charge in [-0.05, 0) is 48.0 Å². The van der Waals surface area contributed by atoms with Crippen LogP contribution >= 0.6 is 0 Å². The van der Waals surface area contributed by atoms with Crippen LogP contribution in [0.2, 0.25) is 0 Å². The number of oxime groups is 1. The highest BCUT2D eigenvalue weighted by atomic mass is 16.7. The van der Waals surface area contributed by atoms with E-state index in [4.69, 9.17) is 14.3 Å². The molecule has 0 unspecified atom stereocenters. The Labute approximate surface area is 173 Å². The third-order valence-electron chi connectivity index (χ3n) is 4.47. The standard InChI is InChI=1S/C24H17NO5/c1-28-19-13-9-18(10-14-19)23(26)29-20-11-7-16(8-12-20)15-21-22(25-30-24(21)27)17-5-3-2-4-6-17/h2-15H,1H3. The van der Waals surface area contributed by atoms with Gasteiger partial charge in [-0.1, -0.05) is 47.6 Å². The first-order valence-corrected chi connectivity index (χ1v) is 9.17. The Morgan fingerprint density at radius 1 is 0.900 bits per heavy atom. The maximum Gasteiger partial charge on any atom is 0.368 e. The summed E-state index contributed by atoms with van der Waals surface area (Å²) in [4.78, 5) is 29.2. The summed E-state index contributed by atoms with van der Waals surface area (Å²) in [5.74, 6) is 0.0715.